The summed E-state index contributed by atoms with van der Waals surface area (Å²) in [4.78, 5) is 36.5. The van der Waals surface area contributed by atoms with E-state index >= 15 is 0 Å². The van der Waals surface area contributed by atoms with Crippen molar-refractivity contribution in [1.82, 2.24) is 10.6 Å². The first-order valence-corrected chi connectivity index (χ1v) is 12.6. The minimum Gasteiger partial charge on any atom is -0.480 e. The van der Waals surface area contributed by atoms with Gasteiger partial charge in [-0.05, 0) is 59.3 Å². The highest BCUT2D eigenvalue weighted by molar-refractivity contribution is 6.04. The molecule has 4 aromatic rings. The van der Waals surface area contributed by atoms with Gasteiger partial charge in [-0.15, -0.1) is 0 Å². The quantitative estimate of drug-likeness (QED) is 0.255. The number of imide groups is 1. The van der Waals surface area contributed by atoms with Gasteiger partial charge in [0, 0.05) is 12.0 Å². The lowest BCUT2D eigenvalue weighted by Gasteiger charge is -2.14. The van der Waals surface area contributed by atoms with Crippen molar-refractivity contribution in [2.75, 3.05) is 6.54 Å². The fourth-order valence-corrected chi connectivity index (χ4v) is 4.18. The molecule has 0 aliphatic carbocycles. The number of nitrogens with one attached hydrogen (secondary N) is 2. The van der Waals surface area contributed by atoms with Gasteiger partial charge in [-0.3, -0.25) is 19.7 Å². The van der Waals surface area contributed by atoms with Crippen LogP contribution in [0, 0.1) is 0 Å². The zero-order valence-corrected chi connectivity index (χ0v) is 21.0. The number of aliphatic carboxylic acids is 1. The average Bonchev–Trinajstić information content (AvgIpc) is 2.96. The topological polar surface area (TPSA) is 95.5 Å². The monoisotopic (exact) mass is 506 g/mol. The number of carbonyl (C=O) groups is 3. The summed E-state index contributed by atoms with van der Waals surface area (Å²) in [6.07, 6.45) is 0.653. The lowest BCUT2D eigenvalue weighted by atomic mass is 10.0. The van der Waals surface area contributed by atoms with Gasteiger partial charge in [0.15, 0.2) is 0 Å². The Balaban J connectivity index is 1.22. The molecule has 6 nitrogen and oxygen atoms in total. The summed E-state index contributed by atoms with van der Waals surface area (Å²) >= 11 is 0. The molecule has 2 amide bonds. The maximum Gasteiger partial charge on any atom is 0.320 e. The lowest BCUT2D eigenvalue weighted by molar-refractivity contribution is -0.139. The molecule has 0 aromatic heterocycles. The van der Waals surface area contributed by atoms with Crippen molar-refractivity contribution in [1.29, 1.82) is 0 Å². The van der Waals surface area contributed by atoms with Gasteiger partial charge in [0.1, 0.15) is 6.04 Å². The summed E-state index contributed by atoms with van der Waals surface area (Å²) in [6, 6.07) is 34.1. The van der Waals surface area contributed by atoms with Gasteiger partial charge < -0.3 is 10.4 Å². The molecule has 6 heteroatoms. The van der Waals surface area contributed by atoms with Crippen LogP contribution in [0.3, 0.4) is 0 Å². The van der Waals surface area contributed by atoms with Crippen molar-refractivity contribution in [3.8, 4) is 22.3 Å². The second kappa shape index (κ2) is 13.1. The minimum atomic E-state index is -1.03. The zero-order valence-electron chi connectivity index (χ0n) is 21.0. The Hall–Kier alpha value is -4.55. The molecule has 3 N–H and O–H groups in total. The molecule has 0 radical (unpaired) electrons. The van der Waals surface area contributed by atoms with Crippen molar-refractivity contribution in [2.45, 2.75) is 25.3 Å². The van der Waals surface area contributed by atoms with E-state index in [9.17, 15) is 19.5 Å². The number of carboxylic acid groups (broad SMARTS) is 1. The van der Waals surface area contributed by atoms with Gasteiger partial charge in [0.05, 0.1) is 0 Å². The van der Waals surface area contributed by atoms with Crippen LogP contribution in [0.5, 0.6) is 0 Å². The number of hydrogen-bond acceptors (Lipinski definition) is 4. The Labute approximate surface area is 222 Å². The molecule has 192 valence electrons. The van der Waals surface area contributed by atoms with Gasteiger partial charge in [0.25, 0.3) is 5.91 Å². The highest BCUT2D eigenvalue weighted by Gasteiger charge is 2.19. The number of hydrogen-bond donors (Lipinski definition) is 3. The van der Waals surface area contributed by atoms with Crippen LogP contribution >= 0.6 is 0 Å². The van der Waals surface area contributed by atoms with E-state index in [1.165, 1.54) is 0 Å². The molecule has 38 heavy (non-hydrogen) atoms. The fraction of sp³-hybridized carbons (Fsp3) is 0.156. The summed E-state index contributed by atoms with van der Waals surface area (Å²) in [5.41, 5.74) is 5.72. The fourth-order valence-electron chi connectivity index (χ4n) is 4.18. The van der Waals surface area contributed by atoms with Gasteiger partial charge in [-0.25, -0.2) is 0 Å². The number of rotatable bonds is 11. The van der Waals surface area contributed by atoms with E-state index in [1.54, 1.807) is 12.1 Å². The van der Waals surface area contributed by atoms with Crippen molar-refractivity contribution in [2.24, 2.45) is 0 Å². The average molecular weight is 507 g/mol. The largest absolute Gasteiger partial charge is 0.480 e. The molecule has 0 aliphatic rings. The molecule has 0 spiro atoms. The first-order chi connectivity index (χ1) is 18.5. The van der Waals surface area contributed by atoms with Crippen molar-refractivity contribution in [3.63, 3.8) is 0 Å². The molecule has 0 saturated carbocycles. The first-order valence-electron chi connectivity index (χ1n) is 12.6. The third kappa shape index (κ3) is 7.48. The van der Waals surface area contributed by atoms with E-state index in [0.717, 1.165) is 27.8 Å². The predicted molar refractivity (Wildman–Crippen MR) is 149 cm³/mol. The highest BCUT2D eigenvalue weighted by Crippen LogP contribution is 2.20. The first kappa shape index (κ1) is 26.5. The molecule has 0 fully saturated rings. The SMILES string of the molecule is O=C(CC[C@H](NCCc1ccc(-c2ccccc2)cc1)C(=O)O)NC(=O)c1ccc(-c2ccccc2)cc1. The van der Waals surface area contributed by atoms with Crippen LogP contribution in [0.2, 0.25) is 0 Å². The summed E-state index contributed by atoms with van der Waals surface area (Å²) < 4.78 is 0. The van der Waals surface area contributed by atoms with Gasteiger partial charge in [-0.1, -0.05) is 97.1 Å². The maximum atomic E-state index is 12.5. The summed E-state index contributed by atoms with van der Waals surface area (Å²) in [7, 11) is 0. The number of benzene rings is 4. The minimum absolute atomic E-state index is 0.0777. The smallest absolute Gasteiger partial charge is 0.320 e. The van der Waals surface area contributed by atoms with E-state index in [2.05, 4.69) is 34.9 Å². The van der Waals surface area contributed by atoms with Crippen molar-refractivity contribution >= 4 is 17.8 Å². The molecule has 4 rings (SSSR count). The number of carbonyl (C=O) groups excluding carboxylic acids is 2. The molecule has 0 bridgehead atoms. The van der Waals surface area contributed by atoms with Crippen molar-refractivity contribution < 1.29 is 19.5 Å². The lowest BCUT2D eigenvalue weighted by Crippen LogP contribution is -2.39. The summed E-state index contributed by atoms with van der Waals surface area (Å²) in [6.45, 7) is 0.454. The molecule has 1 atom stereocenters. The van der Waals surface area contributed by atoms with E-state index in [1.807, 2.05) is 72.8 Å². The van der Waals surface area contributed by atoms with Crippen LogP contribution in [0.1, 0.15) is 28.8 Å². The number of carboxylic acids is 1. The van der Waals surface area contributed by atoms with Crippen LogP contribution in [-0.2, 0) is 16.0 Å². The van der Waals surface area contributed by atoms with E-state index in [-0.39, 0.29) is 12.8 Å². The van der Waals surface area contributed by atoms with Gasteiger partial charge >= 0.3 is 5.97 Å². The Morgan fingerprint density at radius 1 is 0.658 bits per heavy atom. The number of amides is 2. The molecular formula is C32H30N2O4. The molecule has 0 saturated heterocycles. The Kier molecular flexibility index (Phi) is 9.16. The van der Waals surface area contributed by atoms with Crippen molar-refractivity contribution in [3.05, 3.63) is 120 Å². The van der Waals surface area contributed by atoms with Crippen LogP contribution < -0.4 is 10.6 Å². The molecule has 4 aromatic carbocycles. The highest BCUT2D eigenvalue weighted by atomic mass is 16.4. The predicted octanol–water partition coefficient (Wildman–Crippen LogP) is 5.34. The molecular weight excluding hydrogens is 476 g/mol. The van der Waals surface area contributed by atoms with Gasteiger partial charge in [-0.2, -0.15) is 0 Å². The second-order valence-corrected chi connectivity index (χ2v) is 9.02. The maximum absolute atomic E-state index is 12.5. The van der Waals surface area contributed by atoms with E-state index in [4.69, 9.17) is 0 Å². The van der Waals surface area contributed by atoms with E-state index in [0.29, 0.717) is 18.5 Å². The van der Waals surface area contributed by atoms with Crippen LogP contribution in [0.4, 0.5) is 0 Å². The zero-order chi connectivity index (χ0) is 26.7. The Morgan fingerprint density at radius 2 is 1.16 bits per heavy atom. The standard InChI is InChI=1S/C32H30N2O4/c35-30(34-31(36)28-17-15-27(16-18-28)25-9-5-2-6-10-25)20-19-29(32(37)38)33-22-21-23-11-13-26(14-12-23)24-7-3-1-4-8-24/h1-18,29,33H,19-22H2,(H,37,38)(H,34,35,36)/t29-/m0/s1. The van der Waals surface area contributed by atoms with Crippen LogP contribution in [0.25, 0.3) is 22.3 Å². The third-order valence-electron chi connectivity index (χ3n) is 6.33. The second-order valence-electron chi connectivity index (χ2n) is 9.02. The summed E-state index contributed by atoms with van der Waals surface area (Å²) in [5.74, 6) is -2.04. The Morgan fingerprint density at radius 3 is 1.68 bits per heavy atom. The third-order valence-corrected chi connectivity index (χ3v) is 6.33. The normalized spacial score (nSPS) is 11.5. The van der Waals surface area contributed by atoms with Crippen LogP contribution in [-0.4, -0.2) is 35.5 Å². The summed E-state index contributed by atoms with van der Waals surface area (Å²) in [5, 5.41) is 14.9. The molecule has 0 aliphatic heterocycles. The van der Waals surface area contributed by atoms with Crippen LogP contribution in [0.15, 0.2) is 109 Å². The van der Waals surface area contributed by atoms with Gasteiger partial charge in [0.2, 0.25) is 5.91 Å². The Bertz CT molecular complexity index is 1350. The molecule has 0 unspecified atom stereocenters. The van der Waals surface area contributed by atoms with E-state index < -0.39 is 23.8 Å². The molecule has 0 heterocycles.